The molecule has 19 heteroatoms. The van der Waals surface area contributed by atoms with Crippen molar-refractivity contribution < 1.29 is 84.4 Å². The normalized spacial score (nSPS) is 39.1. The molecule has 7 aliphatic rings. The zero-order valence-corrected chi connectivity index (χ0v) is 42.5. The third-order valence-corrected chi connectivity index (χ3v) is 20.2. The molecule has 0 amide bonds. The van der Waals surface area contributed by atoms with Crippen LogP contribution in [0, 0.1) is 50.2 Å². The Morgan fingerprint density at radius 3 is 2.15 bits per heavy atom. The summed E-state index contributed by atoms with van der Waals surface area (Å²) in [7, 11) is 0. The van der Waals surface area contributed by atoms with E-state index in [9.17, 15) is 60.7 Å². The predicted octanol–water partition coefficient (Wildman–Crippen LogP) is 5.04. The van der Waals surface area contributed by atoms with Gasteiger partial charge in [0.1, 0.15) is 42.6 Å². The molecular weight excluding hydrogens is 973 g/mol. The number of aliphatic hydroxyl groups is 6. The summed E-state index contributed by atoms with van der Waals surface area (Å²) < 4.78 is 24.2. The van der Waals surface area contributed by atoms with Crippen molar-refractivity contribution in [3.8, 4) is 34.1 Å². The van der Waals surface area contributed by atoms with Crippen molar-refractivity contribution in [1.82, 2.24) is 9.97 Å². The number of fused-ring (bicyclic) bond motifs is 14. The number of carbonyl (C=O) groups excluding carboxylic acids is 3. The Morgan fingerprint density at radius 2 is 1.44 bits per heavy atom. The van der Waals surface area contributed by atoms with Crippen LogP contribution in [0.15, 0.2) is 48.0 Å². The summed E-state index contributed by atoms with van der Waals surface area (Å²) in [5.74, 6) is -7.68. The first kappa shape index (κ1) is 51.4. The Labute approximate surface area is 431 Å². The van der Waals surface area contributed by atoms with E-state index in [2.05, 4.69) is 50.7 Å². The molecule has 3 heterocycles. The smallest absolute Gasteiger partial charge is 0.339 e. The van der Waals surface area contributed by atoms with Crippen molar-refractivity contribution in [1.29, 1.82) is 0 Å². The Bertz CT molecular complexity index is 3090. The second-order valence-corrected chi connectivity index (χ2v) is 24.3. The highest BCUT2D eigenvalue weighted by molar-refractivity contribution is 6.11. The molecule has 1 aromatic heterocycles. The van der Waals surface area contributed by atoms with Gasteiger partial charge >= 0.3 is 17.9 Å². The van der Waals surface area contributed by atoms with Crippen molar-refractivity contribution in [2.24, 2.45) is 50.2 Å². The highest BCUT2D eigenvalue weighted by Crippen LogP contribution is 2.76. The van der Waals surface area contributed by atoms with E-state index in [4.69, 9.17) is 18.9 Å². The molecule has 0 radical (unpaired) electrons. The molecule has 5 aliphatic carbocycles. The first-order valence-electron chi connectivity index (χ1n) is 26.0. The van der Waals surface area contributed by atoms with E-state index in [0.717, 1.165) is 11.6 Å². The molecule has 4 saturated carbocycles. The fourth-order valence-electron chi connectivity index (χ4n) is 16.0. The van der Waals surface area contributed by atoms with E-state index in [1.807, 2.05) is 0 Å². The molecule has 1 saturated heterocycles. The average Bonchev–Trinajstić information content (AvgIpc) is 3.44. The van der Waals surface area contributed by atoms with Crippen molar-refractivity contribution >= 4 is 40.0 Å². The molecule has 2 aliphatic heterocycles. The minimum absolute atomic E-state index is 0.0285. The number of ether oxygens (including phenoxy) is 4. The third kappa shape index (κ3) is 7.20. The number of rotatable bonds is 4. The number of benzene rings is 3. The maximum atomic E-state index is 15.1. The lowest BCUT2D eigenvalue weighted by Gasteiger charge is -2.71. The van der Waals surface area contributed by atoms with Crippen molar-refractivity contribution in [3.05, 3.63) is 59.2 Å². The van der Waals surface area contributed by atoms with Crippen LogP contribution in [0.2, 0.25) is 0 Å². The standard InChI is InChI=1S/C56H66N2O17/c1-51(2)14-16-55(50(71)75-49-45(68)44(67)41(64)34(22-59)73-49)17-15-53(4)27(28(55)20-51)10-11-35-52(3)21-33(62)46-56(23-60,36(52)12-13-54(35,53)5)24-72-47(69)26-19-32(61)40(63)43(66)38(26)37-25(48(70)74-46)18-31-39(42(37)65)58-30-9-7-6-8-29(30)57-31/h6-10,18-19,28,33-36,41,44-46,49,59-68H,11-17,20-24H2,1-5H3/t28-,33+,34+,35+,36+,41+,44-,45+,46-,49-,52+,53+,54+,55-,56+/m0/s1. The van der Waals surface area contributed by atoms with Crippen molar-refractivity contribution in [2.45, 2.75) is 135 Å². The van der Waals surface area contributed by atoms with Gasteiger partial charge in [-0.3, -0.25) is 4.79 Å². The molecular formula is C56H66N2O17. The number of phenolic OH excluding ortho intramolecular Hbond substituents is 4. The number of aliphatic hydroxyl groups excluding tert-OH is 6. The fraction of sp³-hybridized carbons (Fsp3) is 0.589. The molecule has 402 valence electrons. The first-order chi connectivity index (χ1) is 35.4. The van der Waals surface area contributed by atoms with Crippen LogP contribution in [0.3, 0.4) is 0 Å². The monoisotopic (exact) mass is 1040 g/mol. The second-order valence-electron chi connectivity index (χ2n) is 24.3. The van der Waals surface area contributed by atoms with Gasteiger partial charge in [-0.15, -0.1) is 0 Å². The largest absolute Gasteiger partial charge is 0.505 e. The summed E-state index contributed by atoms with van der Waals surface area (Å²) >= 11 is 0. The summed E-state index contributed by atoms with van der Waals surface area (Å²) in [6.07, 6.45) is -4.39. The highest BCUT2D eigenvalue weighted by atomic mass is 16.7. The summed E-state index contributed by atoms with van der Waals surface area (Å²) in [6.45, 7) is 8.92. The molecule has 4 aromatic rings. The molecule has 3 aromatic carbocycles. The molecule has 15 atom stereocenters. The van der Waals surface area contributed by atoms with Gasteiger partial charge in [-0.25, -0.2) is 19.6 Å². The lowest BCUT2D eigenvalue weighted by atomic mass is 9.33. The van der Waals surface area contributed by atoms with E-state index in [1.165, 1.54) is 6.07 Å². The topological polar surface area (TPSA) is 316 Å². The van der Waals surface area contributed by atoms with Crippen LogP contribution in [0.1, 0.15) is 113 Å². The minimum atomic E-state index is -1.76. The highest BCUT2D eigenvalue weighted by Gasteiger charge is 2.72. The molecule has 19 nitrogen and oxygen atoms in total. The Balaban J connectivity index is 0.987. The fourth-order valence-corrected chi connectivity index (χ4v) is 16.0. The quantitative estimate of drug-likeness (QED) is 0.0421. The van der Waals surface area contributed by atoms with Crippen molar-refractivity contribution in [2.75, 3.05) is 19.8 Å². The molecule has 0 spiro atoms. The molecule has 11 rings (SSSR count). The Kier molecular flexibility index (Phi) is 12.0. The number of allylic oxidation sites excluding steroid dienone is 2. The number of hydrogen-bond donors (Lipinski definition) is 10. The summed E-state index contributed by atoms with van der Waals surface area (Å²) in [5.41, 5.74) is -4.98. The van der Waals surface area contributed by atoms with Gasteiger partial charge in [-0.2, -0.15) is 0 Å². The first-order valence-corrected chi connectivity index (χ1v) is 26.0. The minimum Gasteiger partial charge on any atom is -0.505 e. The zero-order chi connectivity index (χ0) is 53.7. The van der Waals surface area contributed by atoms with Crippen LogP contribution >= 0.6 is 0 Å². The Morgan fingerprint density at radius 1 is 0.760 bits per heavy atom. The van der Waals surface area contributed by atoms with Crippen LogP contribution in [0.5, 0.6) is 23.0 Å². The number of para-hydroxylation sites is 2. The number of phenols is 4. The lowest BCUT2D eigenvalue weighted by molar-refractivity contribution is -0.297. The van der Waals surface area contributed by atoms with E-state index >= 15 is 4.79 Å². The van der Waals surface area contributed by atoms with Gasteiger partial charge in [0.15, 0.2) is 17.2 Å². The molecule has 0 bridgehead atoms. The number of nitrogens with zero attached hydrogens (tertiary/aromatic N) is 2. The number of cyclic esters (lactones) is 1. The maximum Gasteiger partial charge on any atom is 0.339 e. The van der Waals surface area contributed by atoms with Gasteiger partial charge < -0.3 is 70.0 Å². The third-order valence-electron chi connectivity index (χ3n) is 20.2. The molecule has 10 N–H and O–H groups in total. The second kappa shape index (κ2) is 17.4. The molecule has 75 heavy (non-hydrogen) atoms. The van der Waals surface area contributed by atoms with Gasteiger partial charge in [0.25, 0.3) is 0 Å². The lowest BCUT2D eigenvalue weighted by Crippen LogP contribution is -2.70. The van der Waals surface area contributed by atoms with E-state index < -0.39 is 159 Å². The molecule has 5 fully saturated rings. The Hall–Kier alpha value is -5.67. The predicted molar refractivity (Wildman–Crippen MR) is 265 cm³/mol. The zero-order valence-electron chi connectivity index (χ0n) is 42.5. The van der Waals surface area contributed by atoms with Crippen LogP contribution in [-0.4, -0.2) is 142 Å². The van der Waals surface area contributed by atoms with Gasteiger partial charge in [0.2, 0.25) is 12.0 Å². The number of hydrogen-bond acceptors (Lipinski definition) is 19. The summed E-state index contributed by atoms with van der Waals surface area (Å²) in [5, 5.41) is 112. The van der Waals surface area contributed by atoms with Crippen LogP contribution in [0.4, 0.5) is 0 Å². The number of aromatic hydroxyl groups is 4. The van der Waals surface area contributed by atoms with E-state index in [0.29, 0.717) is 62.4 Å². The average molecular weight is 1040 g/mol. The van der Waals surface area contributed by atoms with Crippen molar-refractivity contribution in [3.63, 3.8) is 0 Å². The van der Waals surface area contributed by atoms with Gasteiger partial charge in [0, 0.05) is 11.1 Å². The summed E-state index contributed by atoms with van der Waals surface area (Å²) in [6, 6.07) is 8.88. The number of esters is 3. The van der Waals surface area contributed by atoms with E-state index in [1.54, 1.807) is 24.3 Å². The number of carbonyl (C=O) groups is 3. The SMILES string of the molecule is CC1(C)CC[C@]2(C(=O)O[C@@H]3O[C@H](CO)[C@@H](O)[C@H](O)[C@H]3O)CC[C@]3(C)C(=CC[C@@H]4[C@@]5(C)C[C@@H](O)[C@@H]6OC(=O)c7cc8nc9ccccc9nc8c(O)c7-c7c(cc(O)c(O)c7O)C(=O)OC[C@]6(CO)[C@@H]5CC[C@]43C)[C@@H]2C1. The van der Waals surface area contributed by atoms with Gasteiger partial charge in [-0.1, -0.05) is 58.4 Å². The molecule has 0 unspecified atom stereocenters. The van der Waals surface area contributed by atoms with E-state index in [-0.39, 0.29) is 34.7 Å². The van der Waals surface area contributed by atoms with Gasteiger partial charge in [-0.05, 0) is 121 Å². The van der Waals surface area contributed by atoms with Crippen LogP contribution < -0.4 is 0 Å². The number of aromatic nitrogens is 2. The van der Waals surface area contributed by atoms with Crippen LogP contribution in [0.25, 0.3) is 33.2 Å². The summed E-state index contributed by atoms with van der Waals surface area (Å²) in [4.78, 5) is 53.7. The maximum absolute atomic E-state index is 15.1. The van der Waals surface area contributed by atoms with Crippen LogP contribution in [-0.2, 0) is 23.7 Å². The van der Waals surface area contributed by atoms with Gasteiger partial charge in [0.05, 0.1) is 57.8 Å².